The summed E-state index contributed by atoms with van der Waals surface area (Å²) in [5.41, 5.74) is 1.30. The second-order valence-corrected chi connectivity index (χ2v) is 6.51. The number of carbonyl (C=O) groups excluding carboxylic acids is 1. The van der Waals surface area contributed by atoms with Gasteiger partial charge in [0, 0.05) is 38.9 Å². The molecule has 0 spiro atoms. The molecule has 0 radical (unpaired) electrons. The first-order chi connectivity index (χ1) is 10.4. The number of aromatic nitrogens is 1. The zero-order valence-electron chi connectivity index (χ0n) is 13.6. The van der Waals surface area contributed by atoms with Crippen molar-refractivity contribution in [2.45, 2.75) is 39.5 Å². The van der Waals surface area contributed by atoms with Gasteiger partial charge in [-0.15, -0.1) is 0 Å². The summed E-state index contributed by atoms with van der Waals surface area (Å²) in [5.74, 6) is 0. The Hall–Kier alpha value is -1.66. The average Bonchev–Trinajstić information content (AvgIpc) is 2.47. The number of hydrogen-bond donors (Lipinski definition) is 1. The largest absolute Gasteiger partial charge is 0.444 e. The number of rotatable bonds is 3. The van der Waals surface area contributed by atoms with Gasteiger partial charge in [0.15, 0.2) is 0 Å². The minimum absolute atomic E-state index is 0.0476. The first-order valence-corrected chi connectivity index (χ1v) is 7.63. The van der Waals surface area contributed by atoms with E-state index >= 15 is 0 Å². The fourth-order valence-corrected chi connectivity index (χ4v) is 2.41. The molecule has 1 aromatic heterocycles. The molecule has 1 fully saturated rings. The fourth-order valence-electron chi connectivity index (χ4n) is 2.41. The highest BCUT2D eigenvalue weighted by molar-refractivity contribution is 5.68. The number of ether oxygens (including phenoxy) is 1. The lowest BCUT2D eigenvalue weighted by molar-refractivity contribution is 0.0138. The number of aliphatic hydroxyl groups excluding tert-OH is 1. The van der Waals surface area contributed by atoms with Crippen molar-refractivity contribution in [3.8, 4) is 0 Å². The molecule has 0 bridgehead atoms. The molecule has 6 heteroatoms. The van der Waals surface area contributed by atoms with E-state index in [1.165, 1.54) is 0 Å². The van der Waals surface area contributed by atoms with E-state index in [4.69, 9.17) is 4.74 Å². The SMILES string of the molecule is CC(C)(C)OC(=O)N1CCN(Cc2cccnc2CO)CC1. The Bertz CT molecular complexity index is 506. The number of pyridine rings is 1. The lowest BCUT2D eigenvalue weighted by Crippen LogP contribution is -2.49. The van der Waals surface area contributed by atoms with Gasteiger partial charge in [0.25, 0.3) is 0 Å². The molecule has 0 aromatic carbocycles. The normalized spacial score (nSPS) is 16.6. The van der Waals surface area contributed by atoms with Gasteiger partial charge < -0.3 is 14.7 Å². The van der Waals surface area contributed by atoms with Gasteiger partial charge in [-0.05, 0) is 32.4 Å². The number of aliphatic hydroxyl groups is 1. The van der Waals surface area contributed by atoms with Crippen LogP contribution in [0.5, 0.6) is 0 Å². The lowest BCUT2D eigenvalue weighted by Gasteiger charge is -2.35. The third kappa shape index (κ3) is 4.68. The minimum atomic E-state index is -0.458. The van der Waals surface area contributed by atoms with Gasteiger partial charge >= 0.3 is 6.09 Å². The van der Waals surface area contributed by atoms with Crippen LogP contribution in [0.3, 0.4) is 0 Å². The topological polar surface area (TPSA) is 65.9 Å². The third-order valence-corrected chi connectivity index (χ3v) is 3.55. The number of carbonyl (C=O) groups is 1. The smallest absolute Gasteiger partial charge is 0.410 e. The van der Waals surface area contributed by atoms with Crippen molar-refractivity contribution >= 4 is 6.09 Å². The van der Waals surface area contributed by atoms with Crippen molar-refractivity contribution in [1.82, 2.24) is 14.8 Å². The zero-order valence-corrected chi connectivity index (χ0v) is 13.6. The molecular formula is C16H25N3O3. The Morgan fingerprint density at radius 3 is 2.59 bits per heavy atom. The second kappa shape index (κ2) is 7.07. The van der Waals surface area contributed by atoms with Crippen LogP contribution in [-0.2, 0) is 17.9 Å². The zero-order chi connectivity index (χ0) is 16.2. The highest BCUT2D eigenvalue weighted by Gasteiger charge is 2.26. The number of hydrogen-bond acceptors (Lipinski definition) is 5. The molecule has 22 heavy (non-hydrogen) atoms. The van der Waals surface area contributed by atoms with Crippen LogP contribution >= 0.6 is 0 Å². The molecule has 1 aliphatic rings. The van der Waals surface area contributed by atoms with Crippen LogP contribution < -0.4 is 0 Å². The highest BCUT2D eigenvalue weighted by Crippen LogP contribution is 2.14. The van der Waals surface area contributed by atoms with Crippen molar-refractivity contribution in [3.05, 3.63) is 29.6 Å². The first kappa shape index (κ1) is 16.7. The van der Waals surface area contributed by atoms with Gasteiger partial charge in [0.1, 0.15) is 5.60 Å². The van der Waals surface area contributed by atoms with Crippen molar-refractivity contribution in [2.75, 3.05) is 26.2 Å². The molecule has 2 heterocycles. The van der Waals surface area contributed by atoms with E-state index in [1.807, 2.05) is 32.9 Å². The summed E-state index contributed by atoms with van der Waals surface area (Å²) in [7, 11) is 0. The summed E-state index contributed by atoms with van der Waals surface area (Å²) in [5, 5.41) is 9.32. The summed E-state index contributed by atoms with van der Waals surface area (Å²) in [4.78, 5) is 20.2. The Labute approximate surface area is 131 Å². The molecule has 1 saturated heterocycles. The first-order valence-electron chi connectivity index (χ1n) is 7.63. The van der Waals surface area contributed by atoms with E-state index < -0.39 is 5.60 Å². The molecule has 1 N–H and O–H groups in total. The molecular weight excluding hydrogens is 282 g/mol. The molecule has 1 amide bonds. The predicted octanol–water partition coefficient (Wildman–Crippen LogP) is 1.63. The van der Waals surface area contributed by atoms with Crippen LogP contribution in [0.4, 0.5) is 4.79 Å². The molecule has 122 valence electrons. The molecule has 2 rings (SSSR count). The third-order valence-electron chi connectivity index (χ3n) is 3.55. The van der Waals surface area contributed by atoms with Gasteiger partial charge in [-0.2, -0.15) is 0 Å². The summed E-state index contributed by atoms with van der Waals surface area (Å²) in [6.45, 7) is 9.21. The maximum Gasteiger partial charge on any atom is 0.410 e. The Morgan fingerprint density at radius 1 is 1.32 bits per heavy atom. The Balaban J connectivity index is 1.86. The summed E-state index contributed by atoms with van der Waals surface area (Å²) < 4.78 is 5.39. The van der Waals surface area contributed by atoms with E-state index in [2.05, 4.69) is 9.88 Å². The molecule has 0 atom stereocenters. The van der Waals surface area contributed by atoms with Crippen LogP contribution in [0.1, 0.15) is 32.0 Å². The van der Waals surface area contributed by atoms with Crippen LogP contribution in [0.15, 0.2) is 18.3 Å². The monoisotopic (exact) mass is 307 g/mol. The molecule has 1 aliphatic heterocycles. The van der Waals surface area contributed by atoms with Crippen molar-refractivity contribution in [1.29, 1.82) is 0 Å². The quantitative estimate of drug-likeness (QED) is 0.919. The van der Waals surface area contributed by atoms with Gasteiger partial charge in [-0.1, -0.05) is 6.07 Å². The van der Waals surface area contributed by atoms with Gasteiger partial charge in [0.2, 0.25) is 0 Å². The maximum atomic E-state index is 12.0. The van der Waals surface area contributed by atoms with Crippen molar-refractivity contribution in [3.63, 3.8) is 0 Å². The van der Waals surface area contributed by atoms with E-state index in [0.29, 0.717) is 13.1 Å². The molecule has 0 saturated carbocycles. The fraction of sp³-hybridized carbons (Fsp3) is 0.625. The van der Waals surface area contributed by atoms with Gasteiger partial charge in [-0.25, -0.2) is 4.79 Å². The van der Waals surface area contributed by atoms with Crippen LogP contribution in [0.2, 0.25) is 0 Å². The maximum absolute atomic E-state index is 12.0. The molecule has 0 unspecified atom stereocenters. The van der Waals surface area contributed by atoms with Gasteiger partial charge in [0.05, 0.1) is 12.3 Å². The molecule has 0 aliphatic carbocycles. The van der Waals surface area contributed by atoms with Crippen molar-refractivity contribution < 1.29 is 14.6 Å². The number of amides is 1. The second-order valence-electron chi connectivity index (χ2n) is 6.51. The minimum Gasteiger partial charge on any atom is -0.444 e. The highest BCUT2D eigenvalue weighted by atomic mass is 16.6. The van der Waals surface area contributed by atoms with E-state index in [0.717, 1.165) is 30.9 Å². The predicted molar refractivity (Wildman–Crippen MR) is 83.2 cm³/mol. The molecule has 6 nitrogen and oxygen atoms in total. The average molecular weight is 307 g/mol. The van der Waals surface area contributed by atoms with Crippen LogP contribution in [0.25, 0.3) is 0 Å². The van der Waals surface area contributed by atoms with E-state index in [-0.39, 0.29) is 12.7 Å². The summed E-state index contributed by atoms with van der Waals surface area (Å²) >= 11 is 0. The van der Waals surface area contributed by atoms with E-state index in [9.17, 15) is 9.90 Å². The number of nitrogens with zero attached hydrogens (tertiary/aromatic N) is 3. The molecule has 1 aromatic rings. The summed E-state index contributed by atoms with van der Waals surface area (Å²) in [6, 6.07) is 3.87. The van der Waals surface area contributed by atoms with Crippen molar-refractivity contribution in [2.24, 2.45) is 0 Å². The van der Waals surface area contributed by atoms with E-state index in [1.54, 1.807) is 11.1 Å². The Kier molecular flexibility index (Phi) is 5.37. The summed E-state index contributed by atoms with van der Waals surface area (Å²) in [6.07, 6.45) is 1.44. The van der Waals surface area contributed by atoms with Crippen LogP contribution in [-0.4, -0.2) is 57.8 Å². The number of piperazine rings is 1. The van der Waals surface area contributed by atoms with Gasteiger partial charge in [-0.3, -0.25) is 9.88 Å². The lowest BCUT2D eigenvalue weighted by atomic mass is 10.1. The Morgan fingerprint density at radius 2 is 2.00 bits per heavy atom. The standard InChI is InChI=1S/C16H25N3O3/c1-16(2,3)22-15(21)19-9-7-18(8-10-19)11-13-5-4-6-17-14(13)12-20/h4-6,20H,7-12H2,1-3H3. The van der Waals surface area contributed by atoms with Crippen LogP contribution in [0, 0.1) is 0 Å².